The molecule has 6 radical (unpaired) electrons. The summed E-state index contributed by atoms with van der Waals surface area (Å²) in [5.74, 6) is 0. The van der Waals surface area contributed by atoms with Crippen LogP contribution in [-0.4, -0.2) is 98.5 Å². The molecule has 0 spiro atoms. The summed E-state index contributed by atoms with van der Waals surface area (Å²) in [5.41, 5.74) is 4.15. The molecule has 0 aliphatic heterocycles. The number of nitrogens with zero attached hydrogens (tertiary/aromatic N) is 1. The molecule has 0 aromatic carbocycles. The molecule has 0 atom stereocenters. The van der Waals surface area contributed by atoms with Gasteiger partial charge < -0.3 is 5.73 Å². The third-order valence-corrected chi connectivity index (χ3v) is 0. The van der Waals surface area contributed by atoms with Crippen molar-refractivity contribution in [1.29, 1.82) is 5.26 Å². The van der Waals surface area contributed by atoms with Gasteiger partial charge in [-0.15, -0.1) is 0 Å². The minimum atomic E-state index is -5.25. The Morgan fingerprint density at radius 3 is 0.812 bits per heavy atom. The van der Waals surface area contributed by atoms with Crippen LogP contribution in [0.4, 0.5) is 0 Å². The van der Waals surface area contributed by atoms with E-state index < -0.39 is 27.2 Å². The molecule has 98 valence electrons. The van der Waals surface area contributed by atoms with Crippen molar-refractivity contribution in [2.45, 2.75) is 0 Å². The van der Waals surface area contributed by atoms with Crippen LogP contribution in [0.1, 0.15) is 0 Å². The average Bonchev–Trinajstić information content (AvgIpc) is 1.52. The van der Waals surface area contributed by atoms with Crippen molar-refractivity contribution in [1.82, 2.24) is 0 Å². The fourth-order valence-electron chi connectivity index (χ4n) is 0. The second-order valence-electron chi connectivity index (χ2n) is 1.02. The molecule has 0 amide bonds. The van der Waals surface area contributed by atoms with Crippen LogP contribution in [-0.2, 0) is 42.4 Å². The van der Waals surface area contributed by atoms with E-state index in [1.54, 1.807) is 0 Å². The van der Waals surface area contributed by atoms with E-state index in [2.05, 4.69) is 5.73 Å². The summed E-state index contributed by atoms with van der Waals surface area (Å²) in [6.07, 6.45) is 1.25. The van der Waals surface area contributed by atoms with E-state index in [0.717, 1.165) is 0 Å². The van der Waals surface area contributed by atoms with E-state index in [1.165, 1.54) is 6.19 Å². The van der Waals surface area contributed by atoms with Gasteiger partial charge in [-0.05, 0) is 0 Å². The van der Waals surface area contributed by atoms with Gasteiger partial charge in [-0.1, -0.05) is 0 Å². The summed E-state index contributed by atoms with van der Waals surface area (Å²) in [4.78, 5) is 0. The fourth-order valence-corrected chi connectivity index (χ4v) is 0. The normalized spacial score (nSPS) is 7.69. The molecule has 0 fully saturated rings. The zero-order valence-electron chi connectivity index (χ0n) is 7.88. The molecule has 15 heteroatoms. The van der Waals surface area contributed by atoms with Crippen molar-refractivity contribution in [2.24, 2.45) is 5.73 Å². The number of hydrogen-bond acceptors (Lipinski definition) is 6. The third kappa shape index (κ3) is 795. The molecule has 0 rings (SSSR count). The molecular formula is CH12Cr2N2O8Pb3. The Morgan fingerprint density at radius 1 is 0.812 bits per heavy atom. The van der Waals surface area contributed by atoms with Gasteiger partial charge in [-0.25, -0.2) is 0 Å². The fraction of sp³-hybridized carbons (Fsp3) is 0. The van der Waals surface area contributed by atoms with Crippen LogP contribution in [0, 0.1) is 11.5 Å². The summed E-state index contributed by atoms with van der Waals surface area (Å²) in [6, 6.07) is 0. The molecule has 16 heavy (non-hydrogen) atoms. The van der Waals surface area contributed by atoms with Crippen molar-refractivity contribution < 1.29 is 59.1 Å². The van der Waals surface area contributed by atoms with Gasteiger partial charge in [0.05, 0.1) is 0 Å². The predicted octanol–water partition coefficient (Wildman–Crippen LogP) is -6.03. The van der Waals surface area contributed by atoms with Crippen molar-refractivity contribution in [3.05, 3.63) is 0 Å². The second kappa shape index (κ2) is 19.5. The first kappa shape index (κ1) is 36.2. The zero-order chi connectivity index (χ0) is 11.7. The van der Waals surface area contributed by atoms with Crippen molar-refractivity contribution in [3.8, 4) is 6.19 Å². The second-order valence-corrected chi connectivity index (χ2v) is 3.82. The van der Waals surface area contributed by atoms with Crippen LogP contribution in [0.3, 0.4) is 0 Å². The van der Waals surface area contributed by atoms with Gasteiger partial charge in [0.25, 0.3) is 0 Å². The SMILES string of the molecule is N#CN.[O]=[Cr](=[O])([OH])[OH].[O]=[Cr](=[O])([OH])[OH].[PbH2].[PbH2].[PbH2]. The molecule has 6 N–H and O–H groups in total. The average molecular weight is 906 g/mol. The van der Waals surface area contributed by atoms with Crippen molar-refractivity contribution >= 4 is 81.9 Å². The molecule has 0 saturated carbocycles. The molecule has 0 heterocycles. The van der Waals surface area contributed by atoms with Gasteiger partial charge >= 0.3 is 141 Å². The maximum atomic E-state index is 8.82. The first-order valence-electron chi connectivity index (χ1n) is 1.91. The molecule has 0 saturated heterocycles. The Labute approximate surface area is 155 Å². The molecule has 0 bridgehead atoms. The Kier molecular flexibility index (Phi) is 44.1. The number of hydrogen-bond donors (Lipinski definition) is 5. The molecule has 0 unspecified atom stereocenters. The Balaban J connectivity index is -0.0000000220. The molecule has 0 aromatic heterocycles. The Bertz CT molecular complexity index is 296. The van der Waals surface area contributed by atoms with E-state index in [0.29, 0.717) is 0 Å². The van der Waals surface area contributed by atoms with Crippen molar-refractivity contribution in [2.75, 3.05) is 0 Å². The van der Waals surface area contributed by atoms with E-state index in [9.17, 15) is 0 Å². The Morgan fingerprint density at radius 2 is 0.812 bits per heavy atom. The van der Waals surface area contributed by atoms with Crippen molar-refractivity contribution in [3.63, 3.8) is 0 Å². The topological polar surface area (TPSA) is 199 Å². The van der Waals surface area contributed by atoms with E-state index in [-0.39, 0.29) is 81.9 Å². The van der Waals surface area contributed by atoms with Gasteiger partial charge in [0.2, 0.25) is 0 Å². The van der Waals surface area contributed by atoms with Crippen LogP contribution >= 0.6 is 0 Å². The molecular weight excluding hydrogens is 894 g/mol. The summed E-state index contributed by atoms with van der Waals surface area (Å²) in [5, 5.41) is 7.10. The Hall–Kier alpha value is 2.16. The third-order valence-electron chi connectivity index (χ3n) is 0. The first-order chi connectivity index (χ1) is 5.41. The van der Waals surface area contributed by atoms with Crippen LogP contribution < -0.4 is 5.73 Å². The minimum absolute atomic E-state index is 0. The van der Waals surface area contributed by atoms with Crippen LogP contribution in [0.5, 0.6) is 0 Å². The van der Waals surface area contributed by atoms with Gasteiger partial charge in [0, 0.05) is 0 Å². The maximum absolute atomic E-state index is 8.82. The van der Waals surface area contributed by atoms with E-state index in [1.807, 2.05) is 0 Å². The summed E-state index contributed by atoms with van der Waals surface area (Å²) in [7, 11) is 0. The van der Waals surface area contributed by atoms with Gasteiger partial charge in [0.1, 0.15) is 0 Å². The predicted molar refractivity (Wildman–Crippen MR) is 47.1 cm³/mol. The summed E-state index contributed by atoms with van der Waals surface area (Å²) >= 11 is -10.5. The zero-order valence-corrected chi connectivity index (χ0v) is 26.9. The number of rotatable bonds is 0. The quantitative estimate of drug-likeness (QED) is 0.0887. The van der Waals surface area contributed by atoms with Crippen LogP contribution in [0.2, 0.25) is 0 Å². The monoisotopic (exact) mass is 908 g/mol. The molecule has 0 aromatic rings. The van der Waals surface area contributed by atoms with E-state index in [4.69, 9.17) is 37.1 Å². The summed E-state index contributed by atoms with van der Waals surface area (Å²) in [6.45, 7) is 0. The molecule has 10 nitrogen and oxygen atoms in total. The number of nitriles is 1. The van der Waals surface area contributed by atoms with Gasteiger partial charge in [0.15, 0.2) is 6.19 Å². The molecule has 0 aliphatic carbocycles. The van der Waals surface area contributed by atoms with Crippen LogP contribution in [0.15, 0.2) is 0 Å². The van der Waals surface area contributed by atoms with Gasteiger partial charge in [-0.2, -0.15) is 5.26 Å². The van der Waals surface area contributed by atoms with E-state index >= 15 is 0 Å². The standard InChI is InChI=1S/CH2N2.2Cr.4H2O.4O.3Pb.6H/c2-1-3;;;;;;;;;;;;;;;;;;;/h2H2;;;4*1H2;;;;;;;;;;;;;/q;2*+2;;;;;;;;;;;;;;;;;/p-4. The number of nitrogens with two attached hydrogens (primary N) is 1. The van der Waals surface area contributed by atoms with Gasteiger partial charge in [-0.3, -0.25) is 0 Å². The summed E-state index contributed by atoms with van der Waals surface area (Å²) < 4.78 is 63.8. The molecule has 0 aliphatic rings. The van der Waals surface area contributed by atoms with Crippen LogP contribution in [0.25, 0.3) is 0 Å². The first-order valence-corrected chi connectivity index (χ1v) is 6.27.